The first-order valence-corrected chi connectivity index (χ1v) is 6.51. The highest BCUT2D eigenvalue weighted by Crippen LogP contribution is 2.39. The summed E-state index contributed by atoms with van der Waals surface area (Å²) in [6.45, 7) is 0. The average molecular weight is 255 g/mol. The van der Waals surface area contributed by atoms with E-state index in [1.165, 1.54) is 0 Å². The maximum atomic E-state index is 11.3. The molecule has 2 atom stereocenters. The van der Waals surface area contributed by atoms with Crippen LogP contribution < -0.4 is 5.32 Å². The molecule has 2 N–H and O–H groups in total. The zero-order valence-corrected chi connectivity index (χ0v) is 10.8. The maximum Gasteiger partial charge on any atom is 0.323 e. The fraction of sp³-hybridized carbons (Fsp3) is 0.636. The van der Waals surface area contributed by atoms with Crippen LogP contribution in [0.4, 0.5) is 0 Å². The van der Waals surface area contributed by atoms with Crippen LogP contribution in [0.5, 0.6) is 0 Å². The quantitative estimate of drug-likeness (QED) is 0.843. The Kier molecular flexibility index (Phi) is 3.44. The topological polar surface area (TPSA) is 67.2 Å². The Morgan fingerprint density at radius 2 is 2.53 bits per heavy atom. The van der Waals surface area contributed by atoms with Crippen molar-refractivity contribution in [3.8, 4) is 0 Å². The van der Waals surface area contributed by atoms with Gasteiger partial charge >= 0.3 is 5.97 Å². The molecule has 2 unspecified atom stereocenters. The lowest BCUT2D eigenvalue weighted by Crippen LogP contribution is -2.48. The van der Waals surface area contributed by atoms with Crippen LogP contribution in [-0.4, -0.2) is 38.5 Å². The molecule has 1 saturated carbocycles. The van der Waals surface area contributed by atoms with Gasteiger partial charge in [0.05, 0.1) is 0 Å². The van der Waals surface area contributed by atoms with E-state index >= 15 is 0 Å². The number of nitrogens with zero attached hydrogens (tertiary/aromatic N) is 2. The molecule has 0 amide bonds. The number of carboxylic acid groups (broad SMARTS) is 1. The van der Waals surface area contributed by atoms with Crippen molar-refractivity contribution in [1.82, 2.24) is 14.9 Å². The lowest BCUT2D eigenvalue weighted by atomic mass is 9.99. The highest BCUT2D eigenvalue weighted by atomic mass is 32.2. The number of aliphatic carboxylic acids is 1. The van der Waals surface area contributed by atoms with Crippen molar-refractivity contribution in [2.45, 2.75) is 35.2 Å². The molecule has 1 aliphatic carbocycles. The van der Waals surface area contributed by atoms with Gasteiger partial charge in [-0.25, -0.2) is 4.98 Å². The molecule has 6 heteroatoms. The highest BCUT2D eigenvalue weighted by Gasteiger charge is 2.44. The van der Waals surface area contributed by atoms with Gasteiger partial charge in [-0.05, 0) is 26.3 Å². The van der Waals surface area contributed by atoms with Gasteiger partial charge in [-0.1, -0.05) is 11.8 Å². The maximum absolute atomic E-state index is 11.3. The fourth-order valence-electron chi connectivity index (χ4n) is 2.24. The molecule has 1 aromatic rings. The van der Waals surface area contributed by atoms with Gasteiger partial charge in [0, 0.05) is 24.7 Å². The summed E-state index contributed by atoms with van der Waals surface area (Å²) in [6, 6.07) is 0. The van der Waals surface area contributed by atoms with Crippen LogP contribution in [0.15, 0.2) is 17.6 Å². The number of aromatic nitrogens is 2. The molecular formula is C11H17N3O2S. The third kappa shape index (κ3) is 2.32. The molecule has 1 aliphatic rings. The molecule has 0 aliphatic heterocycles. The van der Waals surface area contributed by atoms with Gasteiger partial charge in [0.2, 0.25) is 0 Å². The summed E-state index contributed by atoms with van der Waals surface area (Å²) < 4.78 is 1.96. The molecule has 0 bridgehead atoms. The molecule has 17 heavy (non-hydrogen) atoms. The van der Waals surface area contributed by atoms with E-state index in [1.807, 2.05) is 17.8 Å². The summed E-state index contributed by atoms with van der Waals surface area (Å²) in [4.78, 5) is 15.5. The van der Waals surface area contributed by atoms with Crippen LogP contribution in [0.25, 0.3) is 0 Å². The number of aryl methyl sites for hydroxylation is 1. The minimum atomic E-state index is -0.747. The van der Waals surface area contributed by atoms with Crippen LogP contribution in [0.3, 0.4) is 0 Å². The molecule has 2 rings (SSSR count). The van der Waals surface area contributed by atoms with E-state index in [0.29, 0.717) is 18.1 Å². The Bertz CT molecular complexity index is 421. The van der Waals surface area contributed by atoms with Crippen molar-refractivity contribution in [3.63, 3.8) is 0 Å². The number of thioether (sulfide) groups is 1. The van der Waals surface area contributed by atoms with Crippen LogP contribution in [0.2, 0.25) is 0 Å². The first-order valence-electron chi connectivity index (χ1n) is 5.64. The van der Waals surface area contributed by atoms with Crippen molar-refractivity contribution < 1.29 is 9.90 Å². The lowest BCUT2D eigenvalue weighted by molar-refractivity contribution is -0.144. The highest BCUT2D eigenvalue weighted by molar-refractivity contribution is 7.99. The van der Waals surface area contributed by atoms with Crippen molar-refractivity contribution in [1.29, 1.82) is 0 Å². The largest absolute Gasteiger partial charge is 0.480 e. The summed E-state index contributed by atoms with van der Waals surface area (Å²) in [7, 11) is 3.68. The van der Waals surface area contributed by atoms with E-state index in [0.717, 1.165) is 11.6 Å². The lowest BCUT2D eigenvalue weighted by Gasteiger charge is -2.23. The minimum absolute atomic E-state index is 0.319. The van der Waals surface area contributed by atoms with Gasteiger partial charge in [0.1, 0.15) is 5.54 Å². The standard InChI is InChI=1S/C11H17N3O2S/c1-12-11(9(15)16)4-3-8(7-11)17-10-13-5-6-14(10)2/h5-6,8,12H,3-4,7H2,1-2H3,(H,15,16). The van der Waals surface area contributed by atoms with Crippen molar-refractivity contribution in [3.05, 3.63) is 12.4 Å². The second-order valence-corrected chi connectivity index (χ2v) is 5.71. The number of hydrogen-bond donors (Lipinski definition) is 2. The van der Waals surface area contributed by atoms with Gasteiger partial charge in [-0.15, -0.1) is 0 Å². The first-order chi connectivity index (χ1) is 8.07. The van der Waals surface area contributed by atoms with Crippen LogP contribution in [0.1, 0.15) is 19.3 Å². The zero-order chi connectivity index (χ0) is 12.5. The zero-order valence-electron chi connectivity index (χ0n) is 10.0. The molecule has 1 fully saturated rings. The molecule has 94 valence electrons. The monoisotopic (exact) mass is 255 g/mol. The van der Waals surface area contributed by atoms with E-state index in [2.05, 4.69) is 10.3 Å². The van der Waals surface area contributed by atoms with Gasteiger partial charge < -0.3 is 15.0 Å². The second-order valence-electron chi connectivity index (χ2n) is 4.44. The van der Waals surface area contributed by atoms with Gasteiger partial charge in [-0.2, -0.15) is 0 Å². The van der Waals surface area contributed by atoms with Crippen molar-refractivity contribution in [2.75, 3.05) is 7.05 Å². The summed E-state index contributed by atoms with van der Waals surface area (Å²) in [5.74, 6) is -0.747. The summed E-state index contributed by atoms with van der Waals surface area (Å²) >= 11 is 1.67. The third-order valence-electron chi connectivity index (χ3n) is 3.41. The van der Waals surface area contributed by atoms with Crippen LogP contribution >= 0.6 is 11.8 Å². The Morgan fingerprint density at radius 3 is 3.00 bits per heavy atom. The molecule has 0 saturated heterocycles. The van der Waals surface area contributed by atoms with E-state index in [9.17, 15) is 9.90 Å². The Morgan fingerprint density at radius 1 is 1.76 bits per heavy atom. The molecule has 1 heterocycles. The SMILES string of the molecule is CNC1(C(=O)O)CCC(Sc2nccn2C)C1. The molecule has 0 spiro atoms. The number of imidazole rings is 1. The molecular weight excluding hydrogens is 238 g/mol. The number of carboxylic acids is 1. The number of likely N-dealkylation sites (N-methyl/N-ethyl adjacent to an activating group) is 1. The minimum Gasteiger partial charge on any atom is -0.480 e. The van der Waals surface area contributed by atoms with Crippen LogP contribution in [0, 0.1) is 0 Å². The van der Waals surface area contributed by atoms with Crippen LogP contribution in [-0.2, 0) is 11.8 Å². The molecule has 0 aromatic carbocycles. The van der Waals surface area contributed by atoms with Gasteiger partial charge in [0.25, 0.3) is 0 Å². The molecule has 5 nitrogen and oxygen atoms in total. The van der Waals surface area contributed by atoms with Crippen molar-refractivity contribution >= 4 is 17.7 Å². The third-order valence-corrected chi connectivity index (χ3v) is 4.75. The number of carbonyl (C=O) groups is 1. The predicted molar refractivity (Wildman–Crippen MR) is 66.1 cm³/mol. The Hall–Kier alpha value is -1.01. The predicted octanol–water partition coefficient (Wildman–Crippen LogP) is 1.11. The van der Waals surface area contributed by atoms with E-state index < -0.39 is 11.5 Å². The first kappa shape index (κ1) is 12.4. The summed E-state index contributed by atoms with van der Waals surface area (Å²) in [5.41, 5.74) is -0.747. The van der Waals surface area contributed by atoms with Gasteiger partial charge in [0.15, 0.2) is 5.16 Å². The van der Waals surface area contributed by atoms with E-state index in [1.54, 1.807) is 25.0 Å². The second kappa shape index (κ2) is 4.70. The van der Waals surface area contributed by atoms with E-state index in [4.69, 9.17) is 0 Å². The van der Waals surface area contributed by atoms with E-state index in [-0.39, 0.29) is 0 Å². The number of nitrogens with one attached hydrogen (secondary N) is 1. The van der Waals surface area contributed by atoms with Crippen molar-refractivity contribution in [2.24, 2.45) is 7.05 Å². The smallest absolute Gasteiger partial charge is 0.323 e. The summed E-state index contributed by atoms with van der Waals surface area (Å²) in [5, 5.41) is 13.5. The average Bonchev–Trinajstić information content (AvgIpc) is 2.88. The Labute approximate surface area is 105 Å². The molecule has 1 aromatic heterocycles. The van der Waals surface area contributed by atoms with Gasteiger partial charge in [-0.3, -0.25) is 4.79 Å². The summed E-state index contributed by atoms with van der Waals surface area (Å²) in [6.07, 6.45) is 5.90. The number of rotatable bonds is 4. The number of hydrogen-bond acceptors (Lipinski definition) is 4. The fourth-order valence-corrected chi connectivity index (χ4v) is 3.49. The molecule has 0 radical (unpaired) electrons. The normalized spacial score (nSPS) is 28.5. The Balaban J connectivity index is 2.03.